The molecule has 1 N–H and O–H groups in total. The third-order valence-electron chi connectivity index (χ3n) is 3.37. The lowest BCUT2D eigenvalue weighted by molar-refractivity contribution is -0.384. The summed E-state index contributed by atoms with van der Waals surface area (Å²) in [5.74, 6) is 0. The molecule has 0 saturated heterocycles. The van der Waals surface area contributed by atoms with Crippen LogP contribution < -0.4 is 4.72 Å². The lowest BCUT2D eigenvalue weighted by atomic mass is 10.1. The number of nitro groups is 1. The van der Waals surface area contributed by atoms with Crippen molar-refractivity contribution in [1.82, 2.24) is 4.98 Å². The van der Waals surface area contributed by atoms with Crippen LogP contribution in [0.1, 0.15) is 0 Å². The quantitative estimate of drug-likeness (QED) is 0.560. The van der Waals surface area contributed by atoms with Gasteiger partial charge in [0.05, 0.1) is 21.2 Å². The molecule has 125 valence electrons. The Morgan fingerprint density at radius 3 is 2.44 bits per heavy atom. The van der Waals surface area contributed by atoms with E-state index in [1.807, 2.05) is 0 Å². The third-order valence-corrected chi connectivity index (χ3v) is 4.76. The maximum Gasteiger partial charge on any atom is 0.269 e. The Kier molecular flexibility index (Phi) is 4.44. The number of nitro benzene ring substituents is 1. The second-order valence-corrected chi connectivity index (χ2v) is 6.71. The van der Waals surface area contributed by atoms with Crippen molar-refractivity contribution in [1.29, 1.82) is 0 Å². The van der Waals surface area contributed by atoms with Gasteiger partial charge in [0.2, 0.25) is 0 Å². The normalized spacial score (nSPS) is 11.0. The minimum atomic E-state index is -3.91. The topological polar surface area (TPSA) is 102 Å². The maximum atomic E-state index is 12.5. The van der Waals surface area contributed by atoms with Crippen molar-refractivity contribution in [2.75, 3.05) is 4.72 Å². The van der Waals surface area contributed by atoms with Gasteiger partial charge in [-0.15, -0.1) is 0 Å². The molecule has 0 aliphatic carbocycles. The Morgan fingerprint density at radius 2 is 1.80 bits per heavy atom. The molecule has 0 aliphatic rings. The van der Waals surface area contributed by atoms with Crippen molar-refractivity contribution >= 4 is 21.4 Å². The molecule has 0 spiro atoms. The van der Waals surface area contributed by atoms with E-state index in [4.69, 9.17) is 0 Å². The number of aromatic nitrogens is 1. The zero-order valence-electron chi connectivity index (χ0n) is 12.8. The first-order valence-electron chi connectivity index (χ1n) is 7.17. The molecule has 8 heteroatoms. The third kappa shape index (κ3) is 3.64. The van der Waals surface area contributed by atoms with Crippen molar-refractivity contribution in [3.8, 4) is 11.3 Å². The number of nitrogens with zero attached hydrogens (tertiary/aromatic N) is 2. The van der Waals surface area contributed by atoms with E-state index in [0.717, 1.165) is 12.1 Å². The van der Waals surface area contributed by atoms with E-state index < -0.39 is 14.9 Å². The number of hydrogen-bond acceptors (Lipinski definition) is 5. The molecule has 0 fully saturated rings. The summed E-state index contributed by atoms with van der Waals surface area (Å²) in [4.78, 5) is 14.2. The average molecular weight is 354 g/mol. The summed E-state index contributed by atoms with van der Waals surface area (Å²) in [6.07, 6.45) is 1.56. The van der Waals surface area contributed by atoms with Crippen molar-refractivity contribution in [2.24, 2.45) is 0 Å². The molecule has 0 atom stereocenters. The van der Waals surface area contributed by atoms with Crippen molar-refractivity contribution in [3.05, 3.63) is 83.0 Å². The molecule has 2 aromatic carbocycles. The van der Waals surface area contributed by atoms with Gasteiger partial charge in [0.1, 0.15) is 0 Å². The minimum absolute atomic E-state index is 0.0788. The van der Waals surface area contributed by atoms with Gasteiger partial charge in [0, 0.05) is 23.9 Å². The minimum Gasteiger partial charge on any atom is -0.277 e. The SMILES string of the molecule is O=[N+]([O-])c1ccc(S(=O)(=O)Nc2cccnc2-c2[c]cccc2)cc1. The molecule has 1 heterocycles. The van der Waals surface area contributed by atoms with Crippen molar-refractivity contribution < 1.29 is 13.3 Å². The number of non-ortho nitro benzene ring substituents is 1. The lowest BCUT2D eigenvalue weighted by Gasteiger charge is -2.11. The summed E-state index contributed by atoms with van der Waals surface area (Å²) in [7, 11) is -3.91. The molecule has 3 rings (SSSR count). The van der Waals surface area contributed by atoms with Gasteiger partial charge >= 0.3 is 0 Å². The summed E-state index contributed by atoms with van der Waals surface area (Å²) in [6.45, 7) is 0. The Balaban J connectivity index is 1.95. The summed E-state index contributed by atoms with van der Waals surface area (Å²) in [5, 5.41) is 10.7. The molecule has 1 radical (unpaired) electrons. The summed E-state index contributed by atoms with van der Waals surface area (Å²) in [6, 6.07) is 17.9. The van der Waals surface area contributed by atoms with Crippen LogP contribution >= 0.6 is 0 Å². The molecule has 7 nitrogen and oxygen atoms in total. The van der Waals surface area contributed by atoms with Crippen LogP contribution in [0.2, 0.25) is 0 Å². The molecule has 3 aromatic rings. The number of benzene rings is 2. The molecular weight excluding hydrogens is 342 g/mol. The van der Waals surface area contributed by atoms with Gasteiger partial charge in [-0.2, -0.15) is 0 Å². The number of rotatable bonds is 5. The molecular formula is C17H12N3O4S. The smallest absolute Gasteiger partial charge is 0.269 e. The fourth-order valence-electron chi connectivity index (χ4n) is 2.19. The second kappa shape index (κ2) is 6.70. The van der Waals surface area contributed by atoms with Gasteiger partial charge in [-0.25, -0.2) is 8.42 Å². The number of sulfonamides is 1. The van der Waals surface area contributed by atoms with E-state index in [0.29, 0.717) is 16.9 Å². The molecule has 0 saturated carbocycles. The van der Waals surface area contributed by atoms with Crippen LogP contribution in [-0.2, 0) is 10.0 Å². The fourth-order valence-corrected chi connectivity index (χ4v) is 3.26. The van der Waals surface area contributed by atoms with E-state index in [-0.39, 0.29) is 10.6 Å². The maximum absolute atomic E-state index is 12.5. The van der Waals surface area contributed by atoms with Crippen LogP contribution in [-0.4, -0.2) is 18.3 Å². The standard InChI is InChI=1S/C17H12N3O4S/c21-20(22)14-8-10-15(11-9-14)25(23,24)19-16-7-4-12-18-17(16)13-5-2-1-3-6-13/h1-5,7-12,19H. The number of anilines is 1. The van der Waals surface area contributed by atoms with E-state index in [2.05, 4.69) is 15.8 Å². The first kappa shape index (κ1) is 16.6. The van der Waals surface area contributed by atoms with E-state index in [9.17, 15) is 18.5 Å². The zero-order valence-corrected chi connectivity index (χ0v) is 13.6. The van der Waals surface area contributed by atoms with Gasteiger partial charge in [-0.1, -0.05) is 24.3 Å². The molecule has 0 amide bonds. The van der Waals surface area contributed by atoms with Crippen LogP contribution in [0.4, 0.5) is 11.4 Å². The van der Waals surface area contributed by atoms with E-state index in [1.165, 1.54) is 12.1 Å². The number of hydrogen-bond donors (Lipinski definition) is 1. The molecule has 0 unspecified atom stereocenters. The Hall–Kier alpha value is -3.26. The average Bonchev–Trinajstić information content (AvgIpc) is 2.63. The Labute approximate surface area is 144 Å². The highest BCUT2D eigenvalue weighted by Gasteiger charge is 2.18. The summed E-state index contributed by atoms with van der Waals surface area (Å²) >= 11 is 0. The van der Waals surface area contributed by atoms with Crippen LogP contribution in [0.25, 0.3) is 11.3 Å². The van der Waals surface area contributed by atoms with Gasteiger partial charge in [-0.05, 0) is 30.3 Å². The van der Waals surface area contributed by atoms with Gasteiger partial charge < -0.3 is 0 Å². The lowest BCUT2D eigenvalue weighted by Crippen LogP contribution is -2.14. The first-order chi connectivity index (χ1) is 12.0. The molecule has 0 aliphatic heterocycles. The highest BCUT2D eigenvalue weighted by atomic mass is 32.2. The second-order valence-electron chi connectivity index (χ2n) is 5.03. The van der Waals surface area contributed by atoms with Crippen LogP contribution in [0.3, 0.4) is 0 Å². The van der Waals surface area contributed by atoms with Crippen LogP contribution in [0.5, 0.6) is 0 Å². The summed E-state index contributed by atoms with van der Waals surface area (Å²) < 4.78 is 27.6. The predicted molar refractivity (Wildman–Crippen MR) is 92.4 cm³/mol. The zero-order chi connectivity index (χ0) is 17.9. The van der Waals surface area contributed by atoms with Crippen molar-refractivity contribution in [3.63, 3.8) is 0 Å². The molecule has 0 bridgehead atoms. The summed E-state index contributed by atoms with van der Waals surface area (Å²) in [5.41, 5.74) is 1.20. The molecule has 25 heavy (non-hydrogen) atoms. The van der Waals surface area contributed by atoms with Gasteiger partial charge in [0.25, 0.3) is 15.7 Å². The van der Waals surface area contributed by atoms with Crippen molar-refractivity contribution in [2.45, 2.75) is 4.90 Å². The number of pyridine rings is 1. The highest BCUT2D eigenvalue weighted by Crippen LogP contribution is 2.27. The largest absolute Gasteiger partial charge is 0.277 e. The van der Waals surface area contributed by atoms with Gasteiger partial charge in [-0.3, -0.25) is 19.8 Å². The van der Waals surface area contributed by atoms with Crippen LogP contribution in [0, 0.1) is 16.2 Å². The first-order valence-corrected chi connectivity index (χ1v) is 8.65. The van der Waals surface area contributed by atoms with Gasteiger partial charge in [0.15, 0.2) is 0 Å². The fraction of sp³-hybridized carbons (Fsp3) is 0. The number of nitrogens with one attached hydrogen (secondary N) is 1. The molecule has 1 aromatic heterocycles. The highest BCUT2D eigenvalue weighted by molar-refractivity contribution is 7.92. The van der Waals surface area contributed by atoms with E-state index in [1.54, 1.807) is 42.6 Å². The van der Waals surface area contributed by atoms with Crippen LogP contribution in [0.15, 0.2) is 71.8 Å². The monoisotopic (exact) mass is 354 g/mol. The van der Waals surface area contributed by atoms with E-state index >= 15 is 0 Å². The Bertz CT molecular complexity index is 1000. The Morgan fingerprint density at radius 1 is 1.04 bits per heavy atom. The predicted octanol–water partition coefficient (Wildman–Crippen LogP) is 3.26.